The number of ether oxygens (including phenoxy) is 1. The van der Waals surface area contributed by atoms with Crippen molar-refractivity contribution in [2.45, 2.75) is 6.92 Å². The minimum Gasteiger partial charge on any atom is -0.497 e. The Morgan fingerprint density at radius 2 is 1.93 bits per heavy atom. The molecule has 0 spiro atoms. The quantitative estimate of drug-likeness (QED) is 0.452. The summed E-state index contributed by atoms with van der Waals surface area (Å²) in [5, 5.41) is 4.84. The number of likely N-dealkylation sites (N-methyl/N-ethyl adjacent to an activating group) is 1. The molecule has 1 aliphatic rings. The number of aryl methyl sites for hydroxylation is 1. The Balaban J connectivity index is 1.87. The molecule has 0 aliphatic carbocycles. The molecule has 29 heavy (non-hydrogen) atoms. The number of para-hydroxylation sites is 1. The van der Waals surface area contributed by atoms with E-state index in [1.807, 2.05) is 72.4 Å². The number of carbonyl (C=O) groups is 1. The van der Waals surface area contributed by atoms with E-state index in [9.17, 15) is 4.79 Å². The molecule has 4 rings (SSSR count). The largest absolute Gasteiger partial charge is 0.497 e. The minimum absolute atomic E-state index is 0.0927. The number of thioether (sulfide) groups is 1. The molecule has 0 bridgehead atoms. The standard InChI is InChI=1S/C22H19N3O2S2/c1-14-11-17(27-3)9-10-18(14)20-15(12-19-21(26)24(2)22(28)29-19)13-25(23-20)16-7-5-4-6-8-16/h4-13H,1-3H3/b19-12+. The molecule has 7 heteroatoms. The van der Waals surface area contributed by atoms with Gasteiger partial charge in [-0.05, 0) is 48.9 Å². The molecule has 0 N–H and O–H groups in total. The predicted molar refractivity (Wildman–Crippen MR) is 121 cm³/mol. The predicted octanol–water partition coefficient (Wildman–Crippen LogP) is 4.69. The van der Waals surface area contributed by atoms with Gasteiger partial charge in [0.15, 0.2) is 0 Å². The number of nitrogens with zero attached hydrogens (tertiary/aromatic N) is 3. The summed E-state index contributed by atoms with van der Waals surface area (Å²) in [5.74, 6) is 0.701. The van der Waals surface area contributed by atoms with Gasteiger partial charge < -0.3 is 4.74 Å². The SMILES string of the molecule is COc1ccc(-c2nn(-c3ccccc3)cc2/C=C2/SC(=S)N(C)C2=O)c(C)c1. The van der Waals surface area contributed by atoms with Crippen LogP contribution in [0.4, 0.5) is 0 Å². The molecular formula is C22H19N3O2S2. The first-order valence-corrected chi connectivity index (χ1v) is 10.2. The van der Waals surface area contributed by atoms with Gasteiger partial charge in [-0.2, -0.15) is 5.10 Å². The monoisotopic (exact) mass is 421 g/mol. The molecule has 1 saturated heterocycles. The average Bonchev–Trinajstić information content (AvgIpc) is 3.25. The summed E-state index contributed by atoms with van der Waals surface area (Å²) < 4.78 is 7.72. The van der Waals surface area contributed by atoms with Crippen molar-refractivity contribution in [2.24, 2.45) is 0 Å². The number of amides is 1. The number of benzene rings is 2. The summed E-state index contributed by atoms with van der Waals surface area (Å²) in [7, 11) is 3.34. The smallest absolute Gasteiger partial charge is 0.265 e. The highest BCUT2D eigenvalue weighted by Crippen LogP contribution is 2.35. The van der Waals surface area contributed by atoms with Gasteiger partial charge in [0.25, 0.3) is 5.91 Å². The molecule has 0 atom stereocenters. The van der Waals surface area contributed by atoms with Crippen molar-refractivity contribution in [2.75, 3.05) is 14.2 Å². The van der Waals surface area contributed by atoms with Gasteiger partial charge in [0.2, 0.25) is 0 Å². The summed E-state index contributed by atoms with van der Waals surface area (Å²) >= 11 is 6.57. The first-order valence-electron chi connectivity index (χ1n) is 8.99. The molecule has 1 aromatic heterocycles. The Morgan fingerprint density at radius 3 is 2.55 bits per heavy atom. The maximum absolute atomic E-state index is 12.5. The summed E-state index contributed by atoms with van der Waals surface area (Å²) in [4.78, 5) is 14.6. The van der Waals surface area contributed by atoms with Crippen molar-refractivity contribution >= 4 is 40.3 Å². The van der Waals surface area contributed by atoms with Crippen LogP contribution in [-0.2, 0) is 4.79 Å². The zero-order valence-corrected chi connectivity index (χ0v) is 17.9. The van der Waals surface area contributed by atoms with Crippen LogP contribution in [0.15, 0.2) is 59.6 Å². The van der Waals surface area contributed by atoms with Gasteiger partial charge in [-0.15, -0.1) is 0 Å². The van der Waals surface area contributed by atoms with Crippen molar-refractivity contribution < 1.29 is 9.53 Å². The zero-order valence-electron chi connectivity index (χ0n) is 16.2. The highest BCUT2D eigenvalue weighted by Gasteiger charge is 2.29. The topological polar surface area (TPSA) is 47.4 Å². The van der Waals surface area contributed by atoms with E-state index in [0.29, 0.717) is 9.23 Å². The number of rotatable bonds is 4. The third-order valence-electron chi connectivity index (χ3n) is 4.73. The lowest BCUT2D eigenvalue weighted by molar-refractivity contribution is -0.121. The second-order valence-corrected chi connectivity index (χ2v) is 8.31. The first kappa shape index (κ1) is 19.4. The van der Waals surface area contributed by atoms with Crippen LogP contribution in [0.1, 0.15) is 11.1 Å². The van der Waals surface area contributed by atoms with E-state index >= 15 is 0 Å². The Hall–Kier alpha value is -2.90. The van der Waals surface area contributed by atoms with E-state index in [-0.39, 0.29) is 5.91 Å². The zero-order chi connectivity index (χ0) is 20.5. The molecular weight excluding hydrogens is 402 g/mol. The van der Waals surface area contributed by atoms with Crippen LogP contribution in [0.3, 0.4) is 0 Å². The third kappa shape index (κ3) is 3.71. The Morgan fingerprint density at radius 1 is 1.17 bits per heavy atom. The Bertz CT molecular complexity index is 1140. The maximum atomic E-state index is 12.5. The van der Waals surface area contributed by atoms with E-state index in [1.54, 1.807) is 14.2 Å². The van der Waals surface area contributed by atoms with Crippen molar-refractivity contribution in [3.8, 4) is 22.7 Å². The lowest BCUT2D eigenvalue weighted by atomic mass is 10.0. The molecule has 5 nitrogen and oxygen atoms in total. The van der Waals surface area contributed by atoms with Crippen molar-refractivity contribution in [3.05, 3.63) is 70.8 Å². The normalized spacial score (nSPS) is 15.4. The van der Waals surface area contributed by atoms with Crippen LogP contribution in [0, 0.1) is 6.92 Å². The minimum atomic E-state index is -0.0927. The van der Waals surface area contributed by atoms with E-state index in [2.05, 4.69) is 0 Å². The molecule has 0 unspecified atom stereocenters. The summed E-state index contributed by atoms with van der Waals surface area (Å²) in [6.07, 6.45) is 3.81. The maximum Gasteiger partial charge on any atom is 0.265 e. The van der Waals surface area contributed by atoms with Crippen LogP contribution in [0.25, 0.3) is 23.0 Å². The lowest BCUT2D eigenvalue weighted by Crippen LogP contribution is -2.22. The van der Waals surface area contributed by atoms with Crippen LogP contribution in [-0.4, -0.2) is 39.1 Å². The molecule has 1 aliphatic heterocycles. The van der Waals surface area contributed by atoms with Crippen LogP contribution in [0.5, 0.6) is 5.75 Å². The fourth-order valence-corrected chi connectivity index (χ4v) is 4.30. The van der Waals surface area contributed by atoms with Gasteiger partial charge in [-0.25, -0.2) is 4.68 Å². The number of methoxy groups -OCH3 is 1. The van der Waals surface area contributed by atoms with E-state index < -0.39 is 0 Å². The Kier molecular flexibility index (Phi) is 5.25. The molecule has 3 aromatic rings. The van der Waals surface area contributed by atoms with Crippen LogP contribution < -0.4 is 4.74 Å². The number of hydrogen-bond acceptors (Lipinski definition) is 5. The van der Waals surface area contributed by atoms with Crippen LogP contribution >= 0.6 is 24.0 Å². The highest BCUT2D eigenvalue weighted by molar-refractivity contribution is 8.26. The van der Waals surface area contributed by atoms with Gasteiger partial charge in [-0.1, -0.05) is 42.2 Å². The molecule has 1 amide bonds. The highest BCUT2D eigenvalue weighted by atomic mass is 32.2. The summed E-state index contributed by atoms with van der Waals surface area (Å²) in [6, 6.07) is 15.8. The molecule has 1 fully saturated rings. The first-order chi connectivity index (χ1) is 14.0. The summed E-state index contributed by atoms with van der Waals surface area (Å²) in [5.41, 5.74) is 4.63. The number of aromatic nitrogens is 2. The van der Waals surface area contributed by atoms with Gasteiger partial charge >= 0.3 is 0 Å². The second-order valence-electron chi connectivity index (χ2n) is 6.63. The van der Waals surface area contributed by atoms with Crippen molar-refractivity contribution in [3.63, 3.8) is 0 Å². The van der Waals surface area contributed by atoms with Crippen molar-refractivity contribution in [1.29, 1.82) is 0 Å². The molecule has 146 valence electrons. The fraction of sp³-hybridized carbons (Fsp3) is 0.136. The Labute approximate surface area is 179 Å². The number of hydrogen-bond donors (Lipinski definition) is 0. The number of thiocarbonyl (C=S) groups is 1. The van der Waals surface area contributed by atoms with Gasteiger partial charge in [0.05, 0.1) is 17.7 Å². The van der Waals surface area contributed by atoms with E-state index in [4.69, 9.17) is 22.1 Å². The van der Waals surface area contributed by atoms with Gasteiger partial charge in [0.1, 0.15) is 15.8 Å². The second kappa shape index (κ2) is 7.85. The van der Waals surface area contributed by atoms with E-state index in [1.165, 1.54) is 16.7 Å². The molecule has 2 heterocycles. The fourth-order valence-electron chi connectivity index (χ4n) is 3.13. The van der Waals surface area contributed by atoms with Crippen LogP contribution in [0.2, 0.25) is 0 Å². The van der Waals surface area contributed by atoms with E-state index in [0.717, 1.165) is 33.8 Å². The lowest BCUT2D eigenvalue weighted by Gasteiger charge is -2.07. The van der Waals surface area contributed by atoms with Gasteiger partial charge in [0, 0.05) is 24.4 Å². The van der Waals surface area contributed by atoms with Gasteiger partial charge in [-0.3, -0.25) is 9.69 Å². The average molecular weight is 422 g/mol. The summed E-state index contributed by atoms with van der Waals surface area (Å²) in [6.45, 7) is 2.02. The molecule has 0 radical (unpaired) electrons. The molecule has 2 aromatic carbocycles. The number of carbonyl (C=O) groups excluding carboxylic acids is 1. The third-order valence-corrected chi connectivity index (χ3v) is 6.21. The molecule has 0 saturated carbocycles. The van der Waals surface area contributed by atoms with Crippen molar-refractivity contribution in [1.82, 2.24) is 14.7 Å².